The van der Waals surface area contributed by atoms with Crippen molar-refractivity contribution >= 4 is 39.8 Å². The van der Waals surface area contributed by atoms with E-state index in [1.807, 2.05) is 76.2 Å². The molecule has 0 saturated heterocycles. The lowest BCUT2D eigenvalue weighted by atomic mass is 9.85. The van der Waals surface area contributed by atoms with Gasteiger partial charge in [0.25, 0.3) is 0 Å². The standard InChI is InChI=1S/C30H28Cl2O2/c1-18-16-23-17-22(20-6-11-24(31)12-7-20)10-15-26(23)28(21-8-13-25(32)14-9-21)27(18)29(19(2)33)34-30(3,4)5/h6-17,29H,1-5H3. The minimum atomic E-state index is -0.675. The topological polar surface area (TPSA) is 26.3 Å². The summed E-state index contributed by atoms with van der Waals surface area (Å²) in [4.78, 5) is 12.9. The van der Waals surface area contributed by atoms with Gasteiger partial charge in [0.15, 0.2) is 5.78 Å². The fourth-order valence-electron chi connectivity index (χ4n) is 4.35. The van der Waals surface area contributed by atoms with Crippen molar-refractivity contribution < 1.29 is 9.53 Å². The van der Waals surface area contributed by atoms with Gasteiger partial charge in [-0.3, -0.25) is 4.79 Å². The molecule has 1 atom stereocenters. The molecule has 0 spiro atoms. The average Bonchev–Trinajstić information content (AvgIpc) is 2.77. The Morgan fingerprint density at radius 2 is 1.32 bits per heavy atom. The van der Waals surface area contributed by atoms with Crippen LogP contribution < -0.4 is 0 Å². The van der Waals surface area contributed by atoms with Crippen molar-refractivity contribution in [3.05, 3.63) is 94.0 Å². The van der Waals surface area contributed by atoms with Gasteiger partial charge in [-0.2, -0.15) is 0 Å². The number of carbonyl (C=O) groups excluding carboxylic acids is 1. The number of carbonyl (C=O) groups is 1. The van der Waals surface area contributed by atoms with Gasteiger partial charge in [-0.15, -0.1) is 0 Å². The molecule has 2 nitrogen and oxygen atoms in total. The smallest absolute Gasteiger partial charge is 0.163 e. The minimum Gasteiger partial charge on any atom is -0.360 e. The second kappa shape index (κ2) is 9.54. The lowest BCUT2D eigenvalue weighted by Crippen LogP contribution is -2.27. The molecule has 4 heteroatoms. The van der Waals surface area contributed by atoms with Crippen LogP contribution in [0, 0.1) is 6.92 Å². The third kappa shape index (κ3) is 5.20. The van der Waals surface area contributed by atoms with E-state index in [4.69, 9.17) is 27.9 Å². The predicted molar refractivity (Wildman–Crippen MR) is 144 cm³/mol. The normalized spacial score (nSPS) is 12.7. The number of hydrogen-bond acceptors (Lipinski definition) is 2. The first kappa shape index (κ1) is 24.5. The van der Waals surface area contributed by atoms with Crippen LogP contribution in [0.3, 0.4) is 0 Å². The lowest BCUT2D eigenvalue weighted by molar-refractivity contribution is -0.138. The molecular weight excluding hydrogens is 463 g/mol. The highest BCUT2D eigenvalue weighted by Crippen LogP contribution is 2.42. The summed E-state index contributed by atoms with van der Waals surface area (Å²) >= 11 is 12.3. The highest BCUT2D eigenvalue weighted by atomic mass is 35.5. The SMILES string of the molecule is CC(=O)C(OC(C)(C)C)c1c(C)cc2cc(-c3ccc(Cl)cc3)ccc2c1-c1ccc(Cl)cc1. The molecule has 0 aliphatic rings. The first-order valence-corrected chi connectivity index (χ1v) is 12.1. The van der Waals surface area contributed by atoms with E-state index in [1.54, 1.807) is 6.92 Å². The summed E-state index contributed by atoms with van der Waals surface area (Å²) < 4.78 is 6.32. The Labute approximate surface area is 211 Å². The molecule has 0 bridgehead atoms. The number of halogens is 2. The maximum absolute atomic E-state index is 12.9. The van der Waals surface area contributed by atoms with Gasteiger partial charge in [0.2, 0.25) is 0 Å². The van der Waals surface area contributed by atoms with Gasteiger partial charge in [0, 0.05) is 10.0 Å². The highest BCUT2D eigenvalue weighted by molar-refractivity contribution is 6.31. The van der Waals surface area contributed by atoms with Crippen LogP contribution in [0.5, 0.6) is 0 Å². The molecule has 174 valence electrons. The summed E-state index contributed by atoms with van der Waals surface area (Å²) in [6.07, 6.45) is -0.675. The van der Waals surface area contributed by atoms with Crippen LogP contribution in [-0.2, 0) is 9.53 Å². The van der Waals surface area contributed by atoms with E-state index >= 15 is 0 Å². The van der Waals surface area contributed by atoms with Crippen molar-refractivity contribution in [3.63, 3.8) is 0 Å². The summed E-state index contributed by atoms with van der Waals surface area (Å²) in [5, 5.41) is 3.53. The van der Waals surface area contributed by atoms with Crippen LogP contribution in [0.15, 0.2) is 72.8 Å². The maximum Gasteiger partial charge on any atom is 0.163 e. The Kier molecular flexibility index (Phi) is 6.87. The molecule has 4 aromatic rings. The molecule has 0 amide bonds. The van der Waals surface area contributed by atoms with Crippen molar-refractivity contribution in [3.8, 4) is 22.3 Å². The Bertz CT molecular complexity index is 1350. The second-order valence-electron chi connectivity index (χ2n) is 9.65. The highest BCUT2D eigenvalue weighted by Gasteiger charge is 2.29. The number of ketones is 1. The number of ether oxygens (including phenoxy) is 1. The third-order valence-corrected chi connectivity index (χ3v) is 6.30. The number of benzene rings is 4. The summed E-state index contributed by atoms with van der Waals surface area (Å²) in [5.41, 5.74) is 5.63. The van der Waals surface area contributed by atoms with Crippen LogP contribution in [0.2, 0.25) is 10.0 Å². The van der Waals surface area contributed by atoms with Crippen molar-refractivity contribution in [1.29, 1.82) is 0 Å². The van der Waals surface area contributed by atoms with E-state index in [1.165, 1.54) is 0 Å². The van der Waals surface area contributed by atoms with Gasteiger partial charge in [-0.05, 0) is 109 Å². The van der Waals surface area contributed by atoms with E-state index in [0.717, 1.165) is 44.2 Å². The Morgan fingerprint density at radius 3 is 1.85 bits per heavy atom. The number of hydrogen-bond donors (Lipinski definition) is 0. The maximum atomic E-state index is 12.9. The molecule has 0 heterocycles. The largest absolute Gasteiger partial charge is 0.360 e. The van der Waals surface area contributed by atoms with Crippen molar-refractivity contribution in [1.82, 2.24) is 0 Å². The number of aryl methyl sites for hydroxylation is 1. The van der Waals surface area contributed by atoms with Gasteiger partial charge in [0.1, 0.15) is 6.10 Å². The Balaban J connectivity index is 2.01. The first-order chi connectivity index (χ1) is 16.0. The predicted octanol–water partition coefficient (Wildman–Crippen LogP) is 9.23. The van der Waals surface area contributed by atoms with Crippen molar-refractivity contribution in [2.75, 3.05) is 0 Å². The third-order valence-electron chi connectivity index (χ3n) is 5.80. The lowest BCUT2D eigenvalue weighted by Gasteiger charge is -2.29. The van der Waals surface area contributed by atoms with Crippen LogP contribution in [0.1, 0.15) is 44.9 Å². The van der Waals surface area contributed by atoms with E-state index in [-0.39, 0.29) is 5.78 Å². The zero-order chi connectivity index (χ0) is 24.6. The van der Waals surface area contributed by atoms with E-state index in [0.29, 0.717) is 10.0 Å². The summed E-state index contributed by atoms with van der Waals surface area (Å²) in [7, 11) is 0. The molecule has 4 aromatic carbocycles. The average molecular weight is 491 g/mol. The molecule has 0 aromatic heterocycles. The van der Waals surface area contributed by atoms with E-state index in [2.05, 4.69) is 24.3 Å². The second-order valence-corrected chi connectivity index (χ2v) is 10.5. The van der Waals surface area contributed by atoms with E-state index < -0.39 is 11.7 Å². The van der Waals surface area contributed by atoms with Crippen LogP contribution in [-0.4, -0.2) is 11.4 Å². The molecule has 0 aliphatic carbocycles. The van der Waals surface area contributed by atoms with Gasteiger partial charge in [-0.25, -0.2) is 0 Å². The minimum absolute atomic E-state index is 0.0228. The molecule has 0 fully saturated rings. The molecule has 34 heavy (non-hydrogen) atoms. The summed E-state index contributed by atoms with van der Waals surface area (Å²) in [6, 6.07) is 24.2. The number of Topliss-reactive ketones (excluding diaryl/α,β-unsaturated/α-hetero) is 1. The molecular formula is C30H28Cl2O2. The van der Waals surface area contributed by atoms with Gasteiger partial charge < -0.3 is 4.74 Å². The van der Waals surface area contributed by atoms with Crippen LogP contribution in [0.4, 0.5) is 0 Å². The Hall–Kier alpha value is -2.65. The quantitative estimate of drug-likeness (QED) is 0.278. The summed E-state index contributed by atoms with van der Waals surface area (Å²) in [6.45, 7) is 9.56. The number of fused-ring (bicyclic) bond motifs is 1. The molecule has 0 radical (unpaired) electrons. The van der Waals surface area contributed by atoms with Gasteiger partial charge in [-0.1, -0.05) is 65.7 Å². The fourth-order valence-corrected chi connectivity index (χ4v) is 4.60. The van der Waals surface area contributed by atoms with Crippen molar-refractivity contribution in [2.45, 2.75) is 46.3 Å². The van der Waals surface area contributed by atoms with Crippen molar-refractivity contribution in [2.24, 2.45) is 0 Å². The zero-order valence-corrected chi connectivity index (χ0v) is 21.6. The summed E-state index contributed by atoms with van der Waals surface area (Å²) in [5.74, 6) is -0.0228. The molecule has 1 unspecified atom stereocenters. The molecule has 0 saturated carbocycles. The first-order valence-electron chi connectivity index (χ1n) is 11.3. The zero-order valence-electron chi connectivity index (χ0n) is 20.1. The number of rotatable bonds is 5. The van der Waals surface area contributed by atoms with Gasteiger partial charge >= 0.3 is 0 Å². The monoisotopic (exact) mass is 490 g/mol. The molecule has 0 N–H and O–H groups in total. The van der Waals surface area contributed by atoms with Gasteiger partial charge in [0.05, 0.1) is 5.60 Å². The molecule has 4 rings (SSSR count). The fraction of sp³-hybridized carbons (Fsp3) is 0.233. The Morgan fingerprint density at radius 1 is 0.794 bits per heavy atom. The van der Waals surface area contributed by atoms with Crippen LogP contribution >= 0.6 is 23.2 Å². The van der Waals surface area contributed by atoms with E-state index in [9.17, 15) is 4.79 Å². The van der Waals surface area contributed by atoms with Crippen LogP contribution in [0.25, 0.3) is 33.0 Å². The molecule has 0 aliphatic heterocycles.